The van der Waals surface area contributed by atoms with E-state index in [-0.39, 0.29) is 23.5 Å². The Morgan fingerprint density at radius 3 is 2.68 bits per heavy atom. The molecule has 1 aliphatic rings. The Labute approximate surface area is 158 Å². The molecule has 28 heavy (non-hydrogen) atoms. The first-order valence-electron chi connectivity index (χ1n) is 8.43. The predicted octanol–water partition coefficient (Wildman–Crippen LogP) is 1.88. The number of amides is 1. The van der Waals surface area contributed by atoms with Crippen LogP contribution in [-0.4, -0.2) is 38.8 Å². The fourth-order valence-electron chi connectivity index (χ4n) is 2.75. The highest BCUT2D eigenvalue weighted by atomic mass is 16.6. The van der Waals surface area contributed by atoms with Crippen LogP contribution in [0.25, 0.3) is 5.82 Å². The molecule has 0 saturated carbocycles. The maximum atomic E-state index is 12.5. The molecule has 0 radical (unpaired) electrons. The molecule has 0 fully saturated rings. The average molecular weight is 381 g/mol. The van der Waals surface area contributed by atoms with E-state index >= 15 is 0 Å². The second-order valence-electron chi connectivity index (χ2n) is 5.93. The van der Waals surface area contributed by atoms with Gasteiger partial charge in [0, 0.05) is 31.2 Å². The molecule has 1 aromatic carbocycles. The van der Waals surface area contributed by atoms with Crippen LogP contribution in [0.2, 0.25) is 0 Å². The highest BCUT2D eigenvalue weighted by Gasteiger charge is 2.26. The van der Waals surface area contributed by atoms with E-state index in [4.69, 9.17) is 9.47 Å². The van der Waals surface area contributed by atoms with Crippen LogP contribution in [0.15, 0.2) is 48.9 Å². The zero-order chi connectivity index (χ0) is 19.5. The number of carbonyl (C=O) groups excluding carboxylic acids is 1. The molecule has 0 atom stereocenters. The molecular formula is C18H15N5O5. The van der Waals surface area contributed by atoms with E-state index in [9.17, 15) is 14.9 Å². The Hall–Kier alpha value is -3.95. The maximum absolute atomic E-state index is 12.5. The van der Waals surface area contributed by atoms with Gasteiger partial charge in [-0.05, 0) is 17.7 Å². The summed E-state index contributed by atoms with van der Waals surface area (Å²) in [5, 5.41) is 18.1. The molecule has 10 heteroatoms. The van der Waals surface area contributed by atoms with Crippen LogP contribution in [0.1, 0.15) is 15.9 Å². The van der Waals surface area contributed by atoms with E-state index in [1.165, 1.54) is 12.1 Å². The van der Waals surface area contributed by atoms with E-state index in [2.05, 4.69) is 15.4 Å². The van der Waals surface area contributed by atoms with Crippen molar-refractivity contribution >= 4 is 11.6 Å². The van der Waals surface area contributed by atoms with Crippen molar-refractivity contribution in [1.29, 1.82) is 0 Å². The highest BCUT2D eigenvalue weighted by Crippen LogP contribution is 2.36. The summed E-state index contributed by atoms with van der Waals surface area (Å²) in [4.78, 5) is 27.5. The minimum atomic E-state index is -0.617. The molecule has 3 heterocycles. The number of nitrogens with one attached hydrogen (secondary N) is 1. The molecule has 0 spiro atoms. The van der Waals surface area contributed by atoms with Gasteiger partial charge < -0.3 is 14.8 Å². The molecular weight excluding hydrogens is 366 g/mol. The summed E-state index contributed by atoms with van der Waals surface area (Å²) in [6, 6.07) is 7.89. The largest absolute Gasteiger partial charge is 0.486 e. The normalized spacial score (nSPS) is 12.4. The highest BCUT2D eigenvalue weighted by molar-refractivity contribution is 5.99. The van der Waals surface area contributed by atoms with Gasteiger partial charge in [-0.25, -0.2) is 9.67 Å². The van der Waals surface area contributed by atoms with Gasteiger partial charge >= 0.3 is 0 Å². The number of pyridine rings is 1. The minimum Gasteiger partial charge on any atom is -0.486 e. The molecule has 0 unspecified atom stereocenters. The molecule has 2 aromatic heterocycles. The molecule has 0 saturated heterocycles. The lowest BCUT2D eigenvalue weighted by Crippen LogP contribution is -2.24. The minimum absolute atomic E-state index is 0.0876. The van der Waals surface area contributed by atoms with E-state index < -0.39 is 10.8 Å². The number of benzene rings is 1. The lowest BCUT2D eigenvalue weighted by Gasteiger charge is -2.18. The lowest BCUT2D eigenvalue weighted by atomic mass is 10.1. The van der Waals surface area contributed by atoms with E-state index in [0.29, 0.717) is 24.8 Å². The van der Waals surface area contributed by atoms with Crippen molar-refractivity contribution in [3.05, 3.63) is 70.2 Å². The van der Waals surface area contributed by atoms with E-state index in [1.54, 1.807) is 41.5 Å². The third kappa shape index (κ3) is 3.47. The summed E-state index contributed by atoms with van der Waals surface area (Å²) in [5.74, 6) is 0.627. The Bertz CT molecular complexity index is 1020. The molecule has 4 rings (SSSR count). The van der Waals surface area contributed by atoms with E-state index in [1.807, 2.05) is 0 Å². The number of rotatable bonds is 5. The lowest BCUT2D eigenvalue weighted by molar-refractivity contribution is -0.385. The fourth-order valence-corrected chi connectivity index (χ4v) is 2.75. The number of nitrogens with zero attached hydrogens (tertiary/aromatic N) is 4. The van der Waals surface area contributed by atoms with Crippen molar-refractivity contribution < 1.29 is 19.2 Å². The molecule has 0 aliphatic carbocycles. The molecule has 0 bridgehead atoms. The maximum Gasteiger partial charge on any atom is 0.286 e. The van der Waals surface area contributed by atoms with Crippen LogP contribution in [-0.2, 0) is 6.54 Å². The van der Waals surface area contributed by atoms with Gasteiger partial charge in [-0.15, -0.1) is 0 Å². The standard InChI is InChI=1S/C18H15N5O5/c24-18(13-8-15-16(28-7-6-27-15)9-14(13)23(25)26)20-11-12-2-3-17(19-10-12)22-5-1-4-21-22/h1-5,8-10H,6-7,11H2,(H,20,24). The number of hydrogen-bond acceptors (Lipinski definition) is 7. The monoisotopic (exact) mass is 381 g/mol. The SMILES string of the molecule is O=C(NCc1ccc(-n2cccn2)nc1)c1cc2c(cc1[N+](=O)[O-])OCCO2. The summed E-state index contributed by atoms with van der Waals surface area (Å²) in [5.41, 5.74) is 0.314. The number of nitro benzene ring substituents is 1. The predicted molar refractivity (Wildman–Crippen MR) is 96.6 cm³/mol. The second-order valence-corrected chi connectivity index (χ2v) is 5.93. The third-order valence-corrected chi connectivity index (χ3v) is 4.10. The topological polar surface area (TPSA) is 121 Å². The Kier molecular flexibility index (Phi) is 4.58. The Balaban J connectivity index is 1.50. The Morgan fingerprint density at radius 1 is 1.25 bits per heavy atom. The average Bonchev–Trinajstić information content (AvgIpc) is 3.26. The van der Waals surface area contributed by atoms with Gasteiger partial charge in [-0.1, -0.05) is 6.07 Å². The van der Waals surface area contributed by atoms with Gasteiger partial charge in [0.1, 0.15) is 18.8 Å². The summed E-state index contributed by atoms with van der Waals surface area (Å²) < 4.78 is 12.4. The zero-order valence-electron chi connectivity index (χ0n) is 14.6. The summed E-state index contributed by atoms with van der Waals surface area (Å²) in [6.07, 6.45) is 5.02. The first-order chi connectivity index (χ1) is 13.6. The Morgan fingerprint density at radius 2 is 2.04 bits per heavy atom. The summed E-state index contributed by atoms with van der Waals surface area (Å²) >= 11 is 0. The molecule has 1 amide bonds. The molecule has 1 N–H and O–H groups in total. The van der Waals surface area contributed by atoms with Crippen molar-refractivity contribution in [2.75, 3.05) is 13.2 Å². The number of aromatic nitrogens is 3. The van der Waals surface area contributed by atoms with Gasteiger partial charge in [0.05, 0.1) is 11.0 Å². The van der Waals surface area contributed by atoms with Crippen molar-refractivity contribution in [2.24, 2.45) is 0 Å². The van der Waals surface area contributed by atoms with Gasteiger partial charge in [0.15, 0.2) is 17.3 Å². The smallest absolute Gasteiger partial charge is 0.286 e. The van der Waals surface area contributed by atoms with Gasteiger partial charge in [-0.3, -0.25) is 14.9 Å². The van der Waals surface area contributed by atoms with Gasteiger partial charge in [-0.2, -0.15) is 5.10 Å². The van der Waals surface area contributed by atoms with Crippen LogP contribution < -0.4 is 14.8 Å². The molecule has 1 aliphatic heterocycles. The number of ether oxygens (including phenoxy) is 2. The van der Waals surface area contributed by atoms with E-state index in [0.717, 1.165) is 5.56 Å². The second kappa shape index (κ2) is 7.35. The van der Waals surface area contributed by atoms with Crippen LogP contribution in [0, 0.1) is 10.1 Å². The molecule has 142 valence electrons. The van der Waals surface area contributed by atoms with Crippen LogP contribution >= 0.6 is 0 Å². The van der Waals surface area contributed by atoms with Crippen molar-refractivity contribution in [1.82, 2.24) is 20.1 Å². The van der Waals surface area contributed by atoms with Crippen molar-refractivity contribution in [3.8, 4) is 17.3 Å². The van der Waals surface area contributed by atoms with Gasteiger partial charge in [0.2, 0.25) is 0 Å². The van der Waals surface area contributed by atoms with Gasteiger partial charge in [0.25, 0.3) is 11.6 Å². The first kappa shape index (κ1) is 17.5. The number of carbonyl (C=O) groups is 1. The quantitative estimate of drug-likeness (QED) is 0.529. The van der Waals surface area contributed by atoms with Crippen LogP contribution in [0.3, 0.4) is 0 Å². The zero-order valence-corrected chi connectivity index (χ0v) is 14.6. The number of fused-ring (bicyclic) bond motifs is 1. The molecule has 3 aromatic rings. The number of hydrogen-bond donors (Lipinski definition) is 1. The summed E-state index contributed by atoms with van der Waals surface area (Å²) in [7, 11) is 0. The van der Waals surface area contributed by atoms with Crippen LogP contribution in [0.5, 0.6) is 11.5 Å². The third-order valence-electron chi connectivity index (χ3n) is 4.10. The first-order valence-corrected chi connectivity index (χ1v) is 8.43. The van der Waals surface area contributed by atoms with Crippen molar-refractivity contribution in [3.63, 3.8) is 0 Å². The fraction of sp³-hybridized carbons (Fsp3) is 0.167. The molecule has 10 nitrogen and oxygen atoms in total. The van der Waals surface area contributed by atoms with Crippen molar-refractivity contribution in [2.45, 2.75) is 6.54 Å². The summed E-state index contributed by atoms with van der Waals surface area (Å²) in [6.45, 7) is 0.786. The number of nitro groups is 1. The van der Waals surface area contributed by atoms with Crippen LogP contribution in [0.4, 0.5) is 5.69 Å².